The van der Waals surface area contributed by atoms with Gasteiger partial charge in [0, 0.05) is 38.8 Å². The highest BCUT2D eigenvalue weighted by atomic mass is 16.3. The molecule has 2 heteroatoms. The quantitative estimate of drug-likeness (QED) is 0.176. The summed E-state index contributed by atoms with van der Waals surface area (Å²) >= 11 is 0. The zero-order valence-corrected chi connectivity index (χ0v) is 35.6. The second-order valence-corrected chi connectivity index (χ2v) is 18.3. The van der Waals surface area contributed by atoms with Gasteiger partial charge in [0.15, 0.2) is 0 Å². The number of fused-ring (bicyclic) bond motifs is 17. The maximum Gasteiger partial charge on any atom is 0.136 e. The summed E-state index contributed by atoms with van der Waals surface area (Å²) < 4.78 is 6.68. The normalized spacial score (nSPS) is 14.3. The van der Waals surface area contributed by atoms with Gasteiger partial charge >= 0.3 is 0 Å². The fraction of sp³-hybridized carbons (Fsp3) is 0.0645. The lowest BCUT2D eigenvalue weighted by Crippen LogP contribution is -2.26. The van der Waals surface area contributed by atoms with Crippen molar-refractivity contribution < 1.29 is 4.42 Å². The van der Waals surface area contributed by atoms with Crippen LogP contribution in [0, 0.1) is 0 Å². The van der Waals surface area contributed by atoms with Gasteiger partial charge in [-0.1, -0.05) is 178 Å². The summed E-state index contributed by atoms with van der Waals surface area (Å²) in [5.74, 6) is 0. The fourth-order valence-electron chi connectivity index (χ4n) is 12.1. The van der Waals surface area contributed by atoms with Crippen molar-refractivity contribution in [2.75, 3.05) is 4.90 Å². The Labute approximate surface area is 372 Å². The molecule has 0 bridgehead atoms. The number of furan rings is 1. The lowest BCUT2D eigenvalue weighted by molar-refractivity contribution is 0.647. The first-order valence-electron chi connectivity index (χ1n) is 22.4. The standard InChI is InChI=1S/C62H41NO/c1-61(2)50-33-31-42(35-49(50)59-55(61)37-57-60(48-23-11-15-27-56(48)64-57)58(59)39-17-4-3-5-18-39)63(41-29-28-38-16-6-7-19-40(38)34-41)43-30-32-47-46-22-10-14-26-53(46)62(54(47)36-43)51-24-12-8-20-44(51)45-21-9-13-25-52(45)62/h3-37H,1-2H3. The molecule has 11 aromatic rings. The van der Waals surface area contributed by atoms with E-state index < -0.39 is 5.41 Å². The third kappa shape index (κ3) is 4.59. The highest BCUT2D eigenvalue weighted by Crippen LogP contribution is 2.64. The van der Waals surface area contributed by atoms with Gasteiger partial charge in [0.2, 0.25) is 0 Å². The van der Waals surface area contributed by atoms with Crippen LogP contribution >= 0.6 is 0 Å². The molecule has 64 heavy (non-hydrogen) atoms. The summed E-state index contributed by atoms with van der Waals surface area (Å²) in [5.41, 5.74) is 22.7. The zero-order chi connectivity index (χ0) is 42.3. The molecule has 3 aliphatic carbocycles. The summed E-state index contributed by atoms with van der Waals surface area (Å²) in [6.45, 7) is 4.74. The van der Waals surface area contributed by atoms with E-state index in [1.807, 2.05) is 0 Å². The molecule has 14 rings (SSSR count). The van der Waals surface area contributed by atoms with Crippen molar-refractivity contribution in [3.8, 4) is 44.5 Å². The Morgan fingerprint density at radius 2 is 0.922 bits per heavy atom. The Morgan fingerprint density at radius 1 is 0.359 bits per heavy atom. The molecule has 0 atom stereocenters. The monoisotopic (exact) mass is 815 g/mol. The van der Waals surface area contributed by atoms with Crippen molar-refractivity contribution in [1.29, 1.82) is 0 Å². The van der Waals surface area contributed by atoms with E-state index >= 15 is 0 Å². The number of para-hydroxylation sites is 1. The van der Waals surface area contributed by atoms with Gasteiger partial charge in [-0.05, 0) is 132 Å². The molecular formula is C62H41NO. The van der Waals surface area contributed by atoms with Gasteiger partial charge in [0.25, 0.3) is 0 Å². The molecule has 0 saturated heterocycles. The molecule has 0 fully saturated rings. The molecule has 10 aromatic carbocycles. The van der Waals surface area contributed by atoms with Gasteiger partial charge in [-0.2, -0.15) is 0 Å². The van der Waals surface area contributed by atoms with Crippen LogP contribution in [-0.4, -0.2) is 0 Å². The van der Waals surface area contributed by atoms with E-state index in [0.717, 1.165) is 33.6 Å². The van der Waals surface area contributed by atoms with Crippen molar-refractivity contribution in [3.63, 3.8) is 0 Å². The Kier molecular flexibility index (Phi) is 7.13. The highest BCUT2D eigenvalue weighted by molar-refractivity contribution is 6.18. The molecule has 1 aromatic heterocycles. The van der Waals surface area contributed by atoms with Crippen LogP contribution in [0.2, 0.25) is 0 Å². The number of nitrogens with zero attached hydrogens (tertiary/aromatic N) is 1. The molecule has 0 amide bonds. The largest absolute Gasteiger partial charge is 0.456 e. The van der Waals surface area contributed by atoms with Crippen molar-refractivity contribution >= 4 is 49.8 Å². The molecule has 0 unspecified atom stereocenters. The van der Waals surface area contributed by atoms with Crippen LogP contribution < -0.4 is 4.90 Å². The van der Waals surface area contributed by atoms with E-state index in [2.05, 4.69) is 231 Å². The smallest absolute Gasteiger partial charge is 0.136 e. The highest BCUT2D eigenvalue weighted by Gasteiger charge is 2.51. The predicted octanol–water partition coefficient (Wildman–Crippen LogP) is 16.5. The van der Waals surface area contributed by atoms with Crippen molar-refractivity contribution in [3.05, 3.63) is 246 Å². The maximum atomic E-state index is 6.68. The zero-order valence-electron chi connectivity index (χ0n) is 35.6. The molecule has 0 saturated carbocycles. The van der Waals surface area contributed by atoms with Crippen LogP contribution in [0.1, 0.15) is 47.2 Å². The van der Waals surface area contributed by atoms with E-state index in [1.165, 1.54) is 94.0 Å². The second kappa shape index (κ2) is 12.8. The van der Waals surface area contributed by atoms with E-state index in [1.54, 1.807) is 0 Å². The summed E-state index contributed by atoms with van der Waals surface area (Å²) in [4.78, 5) is 2.50. The Bertz CT molecular complexity index is 3710. The molecule has 1 spiro atoms. The Balaban J connectivity index is 1.05. The van der Waals surface area contributed by atoms with Crippen LogP contribution in [-0.2, 0) is 10.8 Å². The third-order valence-corrected chi connectivity index (χ3v) is 14.8. The minimum absolute atomic E-state index is 0.261. The number of anilines is 3. The molecule has 300 valence electrons. The van der Waals surface area contributed by atoms with Crippen LogP contribution in [0.15, 0.2) is 217 Å². The third-order valence-electron chi connectivity index (χ3n) is 14.8. The minimum Gasteiger partial charge on any atom is -0.456 e. The number of hydrogen-bond donors (Lipinski definition) is 0. The molecule has 3 aliphatic rings. The second-order valence-electron chi connectivity index (χ2n) is 18.3. The lowest BCUT2D eigenvalue weighted by Gasteiger charge is -2.32. The van der Waals surface area contributed by atoms with E-state index in [4.69, 9.17) is 4.42 Å². The van der Waals surface area contributed by atoms with Gasteiger partial charge in [0.05, 0.1) is 5.41 Å². The minimum atomic E-state index is -0.450. The summed E-state index contributed by atoms with van der Waals surface area (Å²) in [5, 5.41) is 4.74. The van der Waals surface area contributed by atoms with E-state index in [9.17, 15) is 0 Å². The van der Waals surface area contributed by atoms with E-state index in [0.29, 0.717) is 0 Å². The molecule has 0 aliphatic heterocycles. The van der Waals surface area contributed by atoms with Gasteiger partial charge in [0.1, 0.15) is 11.2 Å². The fourth-order valence-corrected chi connectivity index (χ4v) is 12.1. The maximum absolute atomic E-state index is 6.68. The van der Waals surface area contributed by atoms with Gasteiger partial charge in [-0.15, -0.1) is 0 Å². The van der Waals surface area contributed by atoms with Crippen LogP contribution in [0.3, 0.4) is 0 Å². The number of rotatable bonds is 4. The molecular weight excluding hydrogens is 775 g/mol. The van der Waals surface area contributed by atoms with Crippen LogP contribution in [0.4, 0.5) is 17.1 Å². The first-order chi connectivity index (χ1) is 31.5. The first kappa shape index (κ1) is 35.6. The first-order valence-corrected chi connectivity index (χ1v) is 22.4. The van der Waals surface area contributed by atoms with Crippen molar-refractivity contribution in [2.45, 2.75) is 24.7 Å². The number of benzene rings is 10. The van der Waals surface area contributed by atoms with Gasteiger partial charge < -0.3 is 9.32 Å². The van der Waals surface area contributed by atoms with E-state index in [-0.39, 0.29) is 5.41 Å². The average Bonchev–Trinajstić information content (AvgIpc) is 4.03. The van der Waals surface area contributed by atoms with Crippen LogP contribution in [0.5, 0.6) is 0 Å². The molecule has 2 nitrogen and oxygen atoms in total. The molecule has 0 N–H and O–H groups in total. The average molecular weight is 816 g/mol. The summed E-state index contributed by atoms with van der Waals surface area (Å²) in [7, 11) is 0. The Morgan fingerprint density at radius 3 is 1.66 bits per heavy atom. The Hall–Kier alpha value is -7.94. The van der Waals surface area contributed by atoms with Gasteiger partial charge in [-0.25, -0.2) is 0 Å². The number of hydrogen-bond acceptors (Lipinski definition) is 2. The summed E-state index contributed by atoms with van der Waals surface area (Å²) in [6, 6.07) is 79.0. The van der Waals surface area contributed by atoms with Crippen LogP contribution in [0.25, 0.3) is 77.2 Å². The summed E-state index contributed by atoms with van der Waals surface area (Å²) in [6.07, 6.45) is 0. The van der Waals surface area contributed by atoms with Crippen molar-refractivity contribution in [1.82, 2.24) is 0 Å². The topological polar surface area (TPSA) is 16.4 Å². The molecule has 0 radical (unpaired) electrons. The molecule has 1 heterocycles. The predicted molar refractivity (Wildman–Crippen MR) is 265 cm³/mol. The van der Waals surface area contributed by atoms with Crippen molar-refractivity contribution in [2.24, 2.45) is 0 Å². The SMILES string of the molecule is CC1(C)c2ccc(N(c3ccc4c(c3)C3(c5ccccc5-c5ccccc53)c3ccccc3-4)c3ccc4ccccc4c3)cc2-c2c1cc1oc3ccccc3c1c2-c1ccccc1. The van der Waals surface area contributed by atoms with Gasteiger partial charge in [-0.3, -0.25) is 0 Å². The lowest BCUT2D eigenvalue weighted by atomic mass is 9.70.